The van der Waals surface area contributed by atoms with E-state index < -0.39 is 0 Å². The Labute approximate surface area is 139 Å². The molecule has 1 aromatic heterocycles. The molecule has 2 aromatic rings. The second-order valence-electron chi connectivity index (χ2n) is 8.27. The molecule has 1 aromatic carbocycles. The standard InChI is InChI=1S/C20H28N2O/c1-13-10-15(22-21-13)9-8-14-11-16(19(2,3)4)18(23)17(12-14)20(5,6)7/h8-12,23H,1-7H3,(H,21,22)/b9-8-. The molecule has 3 heteroatoms. The van der Waals surface area contributed by atoms with Crippen molar-refractivity contribution in [3.05, 3.63) is 46.3 Å². The molecule has 0 fully saturated rings. The Hall–Kier alpha value is -2.03. The zero-order valence-electron chi connectivity index (χ0n) is 15.3. The molecule has 0 unspecified atom stereocenters. The molecule has 0 saturated carbocycles. The van der Waals surface area contributed by atoms with Crippen LogP contribution in [0.5, 0.6) is 5.75 Å². The molecule has 2 rings (SSSR count). The summed E-state index contributed by atoms with van der Waals surface area (Å²) >= 11 is 0. The summed E-state index contributed by atoms with van der Waals surface area (Å²) in [5.41, 5.74) is 4.75. The highest BCUT2D eigenvalue weighted by molar-refractivity contribution is 5.70. The number of benzene rings is 1. The van der Waals surface area contributed by atoms with Crippen molar-refractivity contribution < 1.29 is 5.11 Å². The molecule has 124 valence electrons. The van der Waals surface area contributed by atoms with Gasteiger partial charge in [0.25, 0.3) is 0 Å². The summed E-state index contributed by atoms with van der Waals surface area (Å²) in [5.74, 6) is 0.415. The van der Waals surface area contributed by atoms with Gasteiger partial charge in [-0.2, -0.15) is 5.10 Å². The highest BCUT2D eigenvalue weighted by Crippen LogP contribution is 2.40. The average molecular weight is 312 g/mol. The zero-order chi connectivity index (χ0) is 17.4. The van der Waals surface area contributed by atoms with Gasteiger partial charge in [-0.3, -0.25) is 5.10 Å². The molecule has 0 atom stereocenters. The van der Waals surface area contributed by atoms with Gasteiger partial charge in [0.05, 0.1) is 5.69 Å². The highest BCUT2D eigenvalue weighted by Gasteiger charge is 2.26. The van der Waals surface area contributed by atoms with Gasteiger partial charge in [-0.1, -0.05) is 47.6 Å². The number of phenolic OH excluding ortho intramolecular Hbond substituents is 1. The number of aromatic hydroxyl groups is 1. The highest BCUT2D eigenvalue weighted by atomic mass is 16.3. The van der Waals surface area contributed by atoms with E-state index in [0.29, 0.717) is 5.75 Å². The minimum absolute atomic E-state index is 0.114. The first-order valence-corrected chi connectivity index (χ1v) is 8.06. The Balaban J connectivity index is 2.53. The average Bonchev–Trinajstić information content (AvgIpc) is 2.80. The van der Waals surface area contributed by atoms with Crippen molar-refractivity contribution in [3.8, 4) is 5.75 Å². The van der Waals surface area contributed by atoms with E-state index >= 15 is 0 Å². The Morgan fingerprint density at radius 2 is 1.43 bits per heavy atom. The molecule has 0 radical (unpaired) electrons. The first-order chi connectivity index (χ1) is 10.5. The quantitative estimate of drug-likeness (QED) is 0.801. The van der Waals surface area contributed by atoms with E-state index in [0.717, 1.165) is 28.1 Å². The van der Waals surface area contributed by atoms with Crippen molar-refractivity contribution in [2.75, 3.05) is 0 Å². The lowest BCUT2D eigenvalue weighted by Crippen LogP contribution is -2.17. The fourth-order valence-electron chi connectivity index (χ4n) is 2.60. The molecule has 3 nitrogen and oxygen atoms in total. The fraction of sp³-hybridized carbons (Fsp3) is 0.450. The van der Waals surface area contributed by atoms with Gasteiger partial charge >= 0.3 is 0 Å². The predicted molar refractivity (Wildman–Crippen MR) is 97.8 cm³/mol. The van der Waals surface area contributed by atoms with E-state index in [-0.39, 0.29) is 10.8 Å². The number of hydrogen-bond acceptors (Lipinski definition) is 2. The van der Waals surface area contributed by atoms with E-state index in [4.69, 9.17) is 0 Å². The van der Waals surface area contributed by atoms with Crippen LogP contribution in [0.25, 0.3) is 12.2 Å². The maximum absolute atomic E-state index is 10.7. The number of aromatic nitrogens is 2. The maximum atomic E-state index is 10.7. The van der Waals surface area contributed by atoms with E-state index in [9.17, 15) is 5.11 Å². The minimum atomic E-state index is -0.114. The smallest absolute Gasteiger partial charge is 0.123 e. The van der Waals surface area contributed by atoms with Crippen molar-refractivity contribution >= 4 is 12.2 Å². The lowest BCUT2D eigenvalue weighted by molar-refractivity contribution is 0.423. The van der Waals surface area contributed by atoms with E-state index in [1.165, 1.54) is 0 Å². The first-order valence-electron chi connectivity index (χ1n) is 8.06. The molecule has 0 spiro atoms. The molecular weight excluding hydrogens is 284 g/mol. The molecule has 0 amide bonds. The number of phenols is 1. The molecule has 0 aliphatic rings. The third-order valence-corrected chi connectivity index (χ3v) is 3.92. The topological polar surface area (TPSA) is 48.9 Å². The molecule has 1 heterocycles. The second-order valence-corrected chi connectivity index (χ2v) is 8.27. The molecule has 0 aliphatic heterocycles. The molecule has 0 bridgehead atoms. The summed E-state index contributed by atoms with van der Waals surface area (Å²) in [6.45, 7) is 14.7. The predicted octanol–water partition coefficient (Wildman–Crippen LogP) is 5.19. The molecular formula is C20H28N2O. The van der Waals surface area contributed by atoms with Crippen LogP contribution in [0.4, 0.5) is 0 Å². The van der Waals surface area contributed by atoms with E-state index in [1.54, 1.807) is 0 Å². The number of rotatable bonds is 2. The second kappa shape index (κ2) is 5.88. The summed E-state index contributed by atoms with van der Waals surface area (Å²) < 4.78 is 0. The molecule has 23 heavy (non-hydrogen) atoms. The van der Waals surface area contributed by atoms with Crippen LogP contribution >= 0.6 is 0 Å². The Morgan fingerprint density at radius 1 is 0.913 bits per heavy atom. The summed E-state index contributed by atoms with van der Waals surface area (Å²) in [6, 6.07) is 6.15. The Kier molecular flexibility index (Phi) is 4.43. The van der Waals surface area contributed by atoms with Crippen LogP contribution in [-0.2, 0) is 10.8 Å². The van der Waals surface area contributed by atoms with Crippen molar-refractivity contribution in [1.82, 2.24) is 10.2 Å². The number of nitrogens with zero attached hydrogens (tertiary/aromatic N) is 1. The summed E-state index contributed by atoms with van der Waals surface area (Å²) in [5, 5.41) is 17.9. The van der Waals surface area contributed by atoms with Crippen LogP contribution in [-0.4, -0.2) is 15.3 Å². The lowest BCUT2D eigenvalue weighted by Gasteiger charge is -2.27. The van der Waals surface area contributed by atoms with Gasteiger partial charge < -0.3 is 5.11 Å². The van der Waals surface area contributed by atoms with Crippen molar-refractivity contribution in [2.45, 2.75) is 59.3 Å². The van der Waals surface area contributed by atoms with Crippen LogP contribution in [0.2, 0.25) is 0 Å². The summed E-state index contributed by atoms with van der Waals surface area (Å²) in [6.07, 6.45) is 4.05. The van der Waals surface area contributed by atoms with Gasteiger partial charge in [0, 0.05) is 16.8 Å². The maximum Gasteiger partial charge on any atom is 0.123 e. The van der Waals surface area contributed by atoms with Gasteiger partial charge in [-0.15, -0.1) is 0 Å². The van der Waals surface area contributed by atoms with Crippen molar-refractivity contribution in [3.63, 3.8) is 0 Å². The van der Waals surface area contributed by atoms with Crippen LogP contribution in [0.1, 0.15) is 69.6 Å². The van der Waals surface area contributed by atoms with Crippen LogP contribution in [0.15, 0.2) is 18.2 Å². The summed E-state index contributed by atoms with van der Waals surface area (Å²) in [4.78, 5) is 0. The monoisotopic (exact) mass is 312 g/mol. The van der Waals surface area contributed by atoms with Gasteiger partial charge in [-0.05, 0) is 47.6 Å². The van der Waals surface area contributed by atoms with Crippen LogP contribution in [0.3, 0.4) is 0 Å². The molecule has 2 N–H and O–H groups in total. The van der Waals surface area contributed by atoms with Gasteiger partial charge in [0.15, 0.2) is 0 Å². The minimum Gasteiger partial charge on any atom is -0.507 e. The fourth-order valence-corrected chi connectivity index (χ4v) is 2.60. The van der Waals surface area contributed by atoms with Gasteiger partial charge in [-0.25, -0.2) is 0 Å². The van der Waals surface area contributed by atoms with Gasteiger partial charge in [0.2, 0.25) is 0 Å². The largest absolute Gasteiger partial charge is 0.507 e. The number of aromatic amines is 1. The van der Waals surface area contributed by atoms with Crippen LogP contribution < -0.4 is 0 Å². The van der Waals surface area contributed by atoms with Crippen molar-refractivity contribution in [2.24, 2.45) is 0 Å². The Bertz CT molecular complexity index is 690. The van der Waals surface area contributed by atoms with Gasteiger partial charge in [0.1, 0.15) is 5.75 Å². The molecule has 0 aliphatic carbocycles. The third kappa shape index (κ3) is 4.04. The third-order valence-electron chi connectivity index (χ3n) is 3.92. The molecule has 0 saturated heterocycles. The van der Waals surface area contributed by atoms with Crippen molar-refractivity contribution in [1.29, 1.82) is 0 Å². The lowest BCUT2D eigenvalue weighted by atomic mass is 9.78. The van der Waals surface area contributed by atoms with E-state index in [2.05, 4.69) is 69.9 Å². The number of H-pyrrole nitrogens is 1. The SMILES string of the molecule is Cc1cc(/C=C\c2cc(C(C)(C)C)c(O)c(C(C)(C)C)c2)n[nH]1. The number of hydrogen-bond donors (Lipinski definition) is 2. The summed E-state index contributed by atoms with van der Waals surface area (Å²) in [7, 11) is 0. The first kappa shape index (κ1) is 17.3. The van der Waals surface area contributed by atoms with E-state index in [1.807, 2.05) is 19.1 Å². The normalized spacial score (nSPS) is 13.0. The van der Waals surface area contributed by atoms with Crippen LogP contribution in [0, 0.1) is 6.92 Å². The zero-order valence-corrected chi connectivity index (χ0v) is 15.3. The number of nitrogens with one attached hydrogen (secondary N) is 1. The Morgan fingerprint density at radius 3 is 1.83 bits per heavy atom. The number of aryl methyl sites for hydroxylation is 1.